The standard InChI is InChI=1S/C25H30N6O2.HI/c1-19-7-3-4-10-22(19)23-17-30(13-14-33-23)25(26-2)27-16-20-8-5-9-21(15-20)29-24(32)18-31-12-6-11-28-31;/h3-12,15,23H,13-14,16-18H2,1-2H3,(H,26,27)(H,29,32);1H. The lowest BCUT2D eigenvalue weighted by Crippen LogP contribution is -2.48. The zero-order chi connectivity index (χ0) is 23.0. The molecule has 2 aromatic carbocycles. The highest BCUT2D eigenvalue weighted by molar-refractivity contribution is 14.0. The summed E-state index contributed by atoms with van der Waals surface area (Å²) >= 11 is 0. The number of anilines is 1. The van der Waals surface area contributed by atoms with Gasteiger partial charge in [-0.05, 0) is 41.8 Å². The molecular weight excluding hydrogens is 543 g/mol. The largest absolute Gasteiger partial charge is 0.370 e. The van der Waals surface area contributed by atoms with Gasteiger partial charge in [0.1, 0.15) is 12.6 Å². The molecule has 2 heterocycles. The highest BCUT2D eigenvalue weighted by Crippen LogP contribution is 2.25. The normalized spacial score (nSPS) is 16.0. The quantitative estimate of drug-likeness (QED) is 0.267. The molecule has 0 saturated carbocycles. The maximum absolute atomic E-state index is 12.3. The van der Waals surface area contributed by atoms with E-state index in [9.17, 15) is 4.79 Å². The molecule has 1 aromatic heterocycles. The molecule has 9 heteroatoms. The van der Waals surface area contributed by atoms with Crippen molar-refractivity contribution in [2.75, 3.05) is 32.1 Å². The molecule has 1 aliphatic rings. The molecule has 1 atom stereocenters. The SMILES string of the molecule is CN=C(NCc1cccc(NC(=O)Cn2cccn2)c1)N1CCOC(c2ccccc2C)C1.I. The van der Waals surface area contributed by atoms with Crippen LogP contribution in [-0.2, 0) is 22.6 Å². The van der Waals surface area contributed by atoms with E-state index in [-0.39, 0.29) is 42.5 Å². The van der Waals surface area contributed by atoms with Crippen LogP contribution in [0.25, 0.3) is 0 Å². The van der Waals surface area contributed by atoms with Crippen molar-refractivity contribution in [1.82, 2.24) is 20.0 Å². The zero-order valence-corrected chi connectivity index (χ0v) is 21.8. The highest BCUT2D eigenvalue weighted by Gasteiger charge is 2.25. The van der Waals surface area contributed by atoms with E-state index < -0.39 is 0 Å². The van der Waals surface area contributed by atoms with Gasteiger partial charge in [0.2, 0.25) is 5.91 Å². The Morgan fingerprint density at radius 2 is 2.06 bits per heavy atom. The summed E-state index contributed by atoms with van der Waals surface area (Å²) in [6, 6.07) is 18.0. The summed E-state index contributed by atoms with van der Waals surface area (Å²) in [5.41, 5.74) is 4.26. The van der Waals surface area contributed by atoms with Crippen LogP contribution in [0.4, 0.5) is 5.69 Å². The van der Waals surface area contributed by atoms with Gasteiger partial charge in [-0.1, -0.05) is 36.4 Å². The van der Waals surface area contributed by atoms with Crippen LogP contribution in [0.5, 0.6) is 0 Å². The van der Waals surface area contributed by atoms with E-state index in [0.717, 1.165) is 30.3 Å². The number of hydrogen-bond donors (Lipinski definition) is 2. The molecule has 0 aliphatic carbocycles. The van der Waals surface area contributed by atoms with Crippen LogP contribution in [0.15, 0.2) is 72.0 Å². The van der Waals surface area contributed by atoms with Gasteiger partial charge in [-0.25, -0.2) is 0 Å². The lowest BCUT2D eigenvalue weighted by molar-refractivity contribution is -0.116. The second-order valence-corrected chi connectivity index (χ2v) is 8.01. The summed E-state index contributed by atoms with van der Waals surface area (Å²) in [5, 5.41) is 10.4. The number of nitrogens with zero attached hydrogens (tertiary/aromatic N) is 4. The monoisotopic (exact) mass is 574 g/mol. The predicted octanol–water partition coefficient (Wildman–Crippen LogP) is 3.60. The lowest BCUT2D eigenvalue weighted by atomic mass is 10.0. The Hall–Kier alpha value is -2.92. The number of guanidine groups is 1. The number of carbonyl (C=O) groups excluding carboxylic acids is 1. The van der Waals surface area contributed by atoms with E-state index in [0.29, 0.717) is 13.2 Å². The Balaban J connectivity index is 0.00000324. The Bertz CT molecular complexity index is 1100. The smallest absolute Gasteiger partial charge is 0.246 e. The number of halogens is 1. The van der Waals surface area contributed by atoms with Gasteiger partial charge in [0, 0.05) is 38.2 Å². The summed E-state index contributed by atoms with van der Waals surface area (Å²) in [6.45, 7) is 5.08. The minimum absolute atomic E-state index is 0. The molecule has 1 saturated heterocycles. The average molecular weight is 574 g/mol. The van der Waals surface area contributed by atoms with Gasteiger partial charge in [0.15, 0.2) is 5.96 Å². The van der Waals surface area contributed by atoms with E-state index >= 15 is 0 Å². The minimum Gasteiger partial charge on any atom is -0.370 e. The fraction of sp³-hybridized carbons (Fsp3) is 0.320. The average Bonchev–Trinajstić information content (AvgIpc) is 3.33. The van der Waals surface area contributed by atoms with E-state index in [2.05, 4.69) is 50.7 Å². The third-order valence-corrected chi connectivity index (χ3v) is 5.64. The number of aromatic nitrogens is 2. The number of hydrogen-bond acceptors (Lipinski definition) is 4. The van der Waals surface area contributed by atoms with Crippen LogP contribution in [0.1, 0.15) is 22.8 Å². The number of amides is 1. The molecule has 0 spiro atoms. The Morgan fingerprint density at radius 3 is 2.82 bits per heavy atom. The molecule has 0 bridgehead atoms. The zero-order valence-electron chi connectivity index (χ0n) is 19.5. The van der Waals surface area contributed by atoms with Crippen molar-refractivity contribution in [2.24, 2.45) is 4.99 Å². The Labute approximate surface area is 217 Å². The number of benzene rings is 2. The van der Waals surface area contributed by atoms with Crippen molar-refractivity contribution >= 4 is 41.5 Å². The molecule has 1 aliphatic heterocycles. The number of morpholine rings is 1. The summed E-state index contributed by atoms with van der Waals surface area (Å²) in [6.07, 6.45) is 3.44. The summed E-state index contributed by atoms with van der Waals surface area (Å²) in [5.74, 6) is 0.722. The first-order valence-corrected chi connectivity index (χ1v) is 11.1. The van der Waals surface area contributed by atoms with Crippen LogP contribution in [0.2, 0.25) is 0 Å². The van der Waals surface area contributed by atoms with Gasteiger partial charge < -0.3 is 20.3 Å². The molecule has 1 fully saturated rings. The number of rotatable bonds is 6. The first-order valence-electron chi connectivity index (χ1n) is 11.1. The molecular formula is C25H31IN6O2. The minimum atomic E-state index is -0.116. The third kappa shape index (κ3) is 6.80. The maximum atomic E-state index is 12.3. The lowest BCUT2D eigenvalue weighted by Gasteiger charge is -2.35. The van der Waals surface area contributed by atoms with Crippen molar-refractivity contribution < 1.29 is 9.53 Å². The molecule has 3 aromatic rings. The van der Waals surface area contributed by atoms with E-state index in [1.54, 1.807) is 30.2 Å². The number of carbonyl (C=O) groups is 1. The molecule has 0 radical (unpaired) electrons. The van der Waals surface area contributed by atoms with E-state index in [1.807, 2.05) is 30.3 Å². The summed E-state index contributed by atoms with van der Waals surface area (Å²) in [7, 11) is 1.80. The third-order valence-electron chi connectivity index (χ3n) is 5.64. The van der Waals surface area contributed by atoms with Crippen molar-refractivity contribution in [3.63, 3.8) is 0 Å². The molecule has 2 N–H and O–H groups in total. The molecule has 180 valence electrons. The molecule has 34 heavy (non-hydrogen) atoms. The fourth-order valence-electron chi connectivity index (χ4n) is 3.99. The molecule has 1 unspecified atom stereocenters. The van der Waals surface area contributed by atoms with Crippen molar-refractivity contribution in [3.8, 4) is 0 Å². The number of aryl methyl sites for hydroxylation is 1. The Kier molecular flexibility index (Phi) is 9.46. The van der Waals surface area contributed by atoms with Gasteiger partial charge in [0.25, 0.3) is 0 Å². The summed E-state index contributed by atoms with van der Waals surface area (Å²) < 4.78 is 7.65. The van der Waals surface area contributed by atoms with Crippen LogP contribution in [-0.4, -0.2) is 53.3 Å². The van der Waals surface area contributed by atoms with Gasteiger partial charge in [-0.3, -0.25) is 14.5 Å². The van der Waals surface area contributed by atoms with Gasteiger partial charge in [-0.2, -0.15) is 5.10 Å². The first-order chi connectivity index (χ1) is 16.1. The molecule has 1 amide bonds. The highest BCUT2D eigenvalue weighted by atomic mass is 127. The van der Waals surface area contributed by atoms with Crippen LogP contribution < -0.4 is 10.6 Å². The number of aliphatic imine (C=N–C) groups is 1. The second-order valence-electron chi connectivity index (χ2n) is 8.01. The molecule has 4 rings (SSSR count). The Morgan fingerprint density at radius 1 is 1.21 bits per heavy atom. The maximum Gasteiger partial charge on any atom is 0.246 e. The topological polar surface area (TPSA) is 83.8 Å². The van der Waals surface area contributed by atoms with Crippen LogP contribution >= 0.6 is 24.0 Å². The predicted molar refractivity (Wildman–Crippen MR) is 144 cm³/mol. The number of nitrogens with one attached hydrogen (secondary N) is 2. The van der Waals surface area contributed by atoms with Crippen molar-refractivity contribution in [1.29, 1.82) is 0 Å². The van der Waals surface area contributed by atoms with Crippen LogP contribution in [0.3, 0.4) is 0 Å². The number of ether oxygens (including phenoxy) is 1. The fourth-order valence-corrected chi connectivity index (χ4v) is 3.99. The van der Waals surface area contributed by atoms with Crippen molar-refractivity contribution in [2.45, 2.75) is 26.1 Å². The second kappa shape index (κ2) is 12.5. The van der Waals surface area contributed by atoms with Crippen LogP contribution in [0, 0.1) is 6.92 Å². The van der Waals surface area contributed by atoms with E-state index in [4.69, 9.17) is 4.74 Å². The molecule has 8 nitrogen and oxygen atoms in total. The van der Waals surface area contributed by atoms with Gasteiger partial charge >= 0.3 is 0 Å². The van der Waals surface area contributed by atoms with Gasteiger partial charge in [0.05, 0.1) is 13.2 Å². The summed E-state index contributed by atoms with van der Waals surface area (Å²) in [4.78, 5) is 19.0. The van der Waals surface area contributed by atoms with E-state index in [1.165, 1.54) is 11.1 Å². The van der Waals surface area contributed by atoms with Gasteiger partial charge in [-0.15, -0.1) is 24.0 Å². The van der Waals surface area contributed by atoms with Crippen molar-refractivity contribution in [3.05, 3.63) is 83.7 Å². The first kappa shape index (κ1) is 25.7.